The average Bonchev–Trinajstić information content (AvgIpc) is 2.80. The van der Waals surface area contributed by atoms with Gasteiger partial charge in [-0.05, 0) is 18.4 Å². The molecule has 0 aliphatic carbocycles. The van der Waals surface area contributed by atoms with Crippen LogP contribution in [0.1, 0.15) is 25.1 Å². The van der Waals surface area contributed by atoms with Crippen molar-refractivity contribution >= 4 is 17.7 Å². The summed E-state index contributed by atoms with van der Waals surface area (Å²) in [7, 11) is 0. The molecule has 1 aromatic rings. The SMILES string of the molecule is CCc1noc(CNC(=O)C(O)CCSC)n1. The summed E-state index contributed by atoms with van der Waals surface area (Å²) < 4.78 is 4.91. The third kappa shape index (κ3) is 4.74. The summed E-state index contributed by atoms with van der Waals surface area (Å²) >= 11 is 1.59. The van der Waals surface area contributed by atoms with Gasteiger partial charge in [0.25, 0.3) is 0 Å². The van der Waals surface area contributed by atoms with Crippen molar-refractivity contribution in [3.63, 3.8) is 0 Å². The van der Waals surface area contributed by atoms with Crippen LogP contribution < -0.4 is 5.32 Å². The van der Waals surface area contributed by atoms with E-state index in [4.69, 9.17) is 4.52 Å². The largest absolute Gasteiger partial charge is 0.383 e. The molecular formula is C10H17N3O3S. The lowest BCUT2D eigenvalue weighted by atomic mass is 10.2. The molecule has 1 amide bonds. The predicted octanol–water partition coefficient (Wildman–Crippen LogP) is 0.362. The molecule has 6 nitrogen and oxygen atoms in total. The van der Waals surface area contributed by atoms with Gasteiger partial charge in [0.05, 0.1) is 6.54 Å². The van der Waals surface area contributed by atoms with E-state index in [1.54, 1.807) is 11.8 Å². The Morgan fingerprint density at radius 1 is 1.65 bits per heavy atom. The molecule has 0 spiro atoms. The monoisotopic (exact) mass is 259 g/mol. The third-order valence-corrected chi connectivity index (χ3v) is 2.78. The number of aliphatic hydroxyl groups is 1. The Hall–Kier alpha value is -1.08. The quantitative estimate of drug-likeness (QED) is 0.735. The molecule has 1 rings (SSSR count). The Balaban J connectivity index is 2.32. The van der Waals surface area contributed by atoms with E-state index in [-0.39, 0.29) is 6.54 Å². The highest BCUT2D eigenvalue weighted by Gasteiger charge is 2.15. The lowest BCUT2D eigenvalue weighted by molar-refractivity contribution is -0.129. The van der Waals surface area contributed by atoms with Crippen LogP contribution in [0.15, 0.2) is 4.52 Å². The molecule has 96 valence electrons. The highest BCUT2D eigenvalue weighted by Crippen LogP contribution is 2.01. The van der Waals surface area contributed by atoms with Gasteiger partial charge in [-0.3, -0.25) is 4.79 Å². The van der Waals surface area contributed by atoms with E-state index in [9.17, 15) is 9.90 Å². The number of carbonyl (C=O) groups excluding carboxylic acids is 1. The van der Waals surface area contributed by atoms with Crippen molar-refractivity contribution in [3.05, 3.63) is 11.7 Å². The molecule has 2 N–H and O–H groups in total. The first kappa shape index (κ1) is 14.0. The second-order valence-corrected chi connectivity index (χ2v) is 4.46. The Labute approximate surface area is 104 Å². The van der Waals surface area contributed by atoms with E-state index < -0.39 is 12.0 Å². The number of aliphatic hydroxyl groups excluding tert-OH is 1. The summed E-state index contributed by atoms with van der Waals surface area (Å²) in [5, 5.41) is 15.7. The minimum Gasteiger partial charge on any atom is -0.383 e. The van der Waals surface area contributed by atoms with Gasteiger partial charge >= 0.3 is 0 Å². The lowest BCUT2D eigenvalue weighted by Gasteiger charge is -2.08. The predicted molar refractivity (Wildman–Crippen MR) is 64.5 cm³/mol. The summed E-state index contributed by atoms with van der Waals surface area (Å²) in [6, 6.07) is 0. The number of hydrogen-bond acceptors (Lipinski definition) is 6. The maximum absolute atomic E-state index is 11.4. The van der Waals surface area contributed by atoms with E-state index in [1.165, 1.54) is 0 Å². The fraction of sp³-hybridized carbons (Fsp3) is 0.700. The van der Waals surface area contributed by atoms with E-state index >= 15 is 0 Å². The van der Waals surface area contributed by atoms with Crippen molar-refractivity contribution < 1.29 is 14.4 Å². The topological polar surface area (TPSA) is 88.2 Å². The molecule has 1 unspecified atom stereocenters. The van der Waals surface area contributed by atoms with Gasteiger partial charge in [0.15, 0.2) is 5.82 Å². The lowest BCUT2D eigenvalue weighted by Crippen LogP contribution is -2.34. The molecule has 1 heterocycles. The average molecular weight is 259 g/mol. The first-order valence-corrected chi connectivity index (χ1v) is 6.83. The molecule has 0 bridgehead atoms. The van der Waals surface area contributed by atoms with Crippen LogP contribution in [0, 0.1) is 0 Å². The zero-order valence-corrected chi connectivity index (χ0v) is 10.8. The highest BCUT2D eigenvalue weighted by atomic mass is 32.2. The van der Waals surface area contributed by atoms with Crippen LogP contribution in [0.25, 0.3) is 0 Å². The normalized spacial score (nSPS) is 12.4. The summed E-state index contributed by atoms with van der Waals surface area (Å²) in [4.78, 5) is 15.5. The van der Waals surface area contributed by atoms with E-state index in [2.05, 4.69) is 15.5 Å². The van der Waals surface area contributed by atoms with Gasteiger partial charge < -0.3 is 14.9 Å². The van der Waals surface area contributed by atoms with E-state index in [0.29, 0.717) is 24.6 Å². The molecule has 0 saturated carbocycles. The van der Waals surface area contributed by atoms with Crippen molar-refractivity contribution in [2.45, 2.75) is 32.4 Å². The minimum atomic E-state index is -0.976. The summed E-state index contributed by atoms with van der Waals surface area (Å²) in [5.41, 5.74) is 0. The Kier molecular flexibility index (Phi) is 5.99. The highest BCUT2D eigenvalue weighted by molar-refractivity contribution is 7.98. The van der Waals surface area contributed by atoms with Crippen molar-refractivity contribution in [1.82, 2.24) is 15.5 Å². The first-order chi connectivity index (χ1) is 8.17. The van der Waals surface area contributed by atoms with Crippen LogP contribution in [0.4, 0.5) is 0 Å². The standard InChI is InChI=1S/C10H17N3O3S/c1-3-8-12-9(16-13-8)6-11-10(15)7(14)4-5-17-2/h7,14H,3-6H2,1-2H3,(H,11,15). The van der Waals surface area contributed by atoms with Gasteiger partial charge in [-0.15, -0.1) is 0 Å². The molecule has 0 aliphatic rings. The number of amides is 1. The number of rotatable bonds is 7. The van der Waals surface area contributed by atoms with Gasteiger partial charge in [0, 0.05) is 6.42 Å². The van der Waals surface area contributed by atoms with Gasteiger partial charge in [-0.25, -0.2) is 0 Å². The fourth-order valence-electron chi connectivity index (χ4n) is 1.15. The van der Waals surface area contributed by atoms with Crippen LogP contribution in [0.3, 0.4) is 0 Å². The second kappa shape index (κ2) is 7.29. The molecular weight excluding hydrogens is 242 g/mol. The molecule has 1 atom stereocenters. The van der Waals surface area contributed by atoms with Crippen molar-refractivity contribution in [2.24, 2.45) is 0 Å². The molecule has 0 radical (unpaired) electrons. The number of nitrogens with one attached hydrogen (secondary N) is 1. The smallest absolute Gasteiger partial charge is 0.249 e. The second-order valence-electron chi connectivity index (χ2n) is 3.47. The molecule has 1 aromatic heterocycles. The number of aromatic nitrogens is 2. The summed E-state index contributed by atoms with van der Waals surface area (Å²) in [6.07, 6.45) is 2.08. The molecule has 0 saturated heterocycles. The fourth-order valence-corrected chi connectivity index (χ4v) is 1.61. The number of nitrogens with zero attached hydrogens (tertiary/aromatic N) is 2. The van der Waals surface area contributed by atoms with Crippen LogP contribution in [-0.4, -0.2) is 39.3 Å². The Morgan fingerprint density at radius 2 is 2.41 bits per heavy atom. The minimum absolute atomic E-state index is 0.155. The number of carbonyl (C=O) groups is 1. The van der Waals surface area contributed by atoms with E-state index in [1.807, 2.05) is 13.2 Å². The van der Waals surface area contributed by atoms with Crippen molar-refractivity contribution in [1.29, 1.82) is 0 Å². The van der Waals surface area contributed by atoms with Gasteiger partial charge in [-0.1, -0.05) is 12.1 Å². The van der Waals surface area contributed by atoms with Gasteiger partial charge in [0.1, 0.15) is 6.10 Å². The van der Waals surface area contributed by atoms with Crippen molar-refractivity contribution in [2.75, 3.05) is 12.0 Å². The summed E-state index contributed by atoms with van der Waals surface area (Å²) in [5.74, 6) is 1.30. The van der Waals surface area contributed by atoms with Crippen molar-refractivity contribution in [3.8, 4) is 0 Å². The third-order valence-electron chi connectivity index (χ3n) is 2.14. The molecule has 17 heavy (non-hydrogen) atoms. The van der Waals surface area contributed by atoms with Crippen LogP contribution in [-0.2, 0) is 17.8 Å². The van der Waals surface area contributed by atoms with Gasteiger partial charge in [-0.2, -0.15) is 16.7 Å². The number of thioether (sulfide) groups is 1. The molecule has 0 aliphatic heterocycles. The zero-order valence-electron chi connectivity index (χ0n) is 9.97. The maximum atomic E-state index is 11.4. The number of hydrogen-bond donors (Lipinski definition) is 2. The maximum Gasteiger partial charge on any atom is 0.249 e. The molecule has 7 heteroatoms. The van der Waals surface area contributed by atoms with Crippen LogP contribution >= 0.6 is 11.8 Å². The molecule has 0 fully saturated rings. The van der Waals surface area contributed by atoms with E-state index in [0.717, 1.165) is 5.75 Å². The molecule has 0 aromatic carbocycles. The van der Waals surface area contributed by atoms with Gasteiger partial charge in [0.2, 0.25) is 11.8 Å². The summed E-state index contributed by atoms with van der Waals surface area (Å²) in [6.45, 7) is 2.07. The zero-order chi connectivity index (χ0) is 12.7. The van der Waals surface area contributed by atoms with Crippen LogP contribution in [0.2, 0.25) is 0 Å². The number of aryl methyl sites for hydroxylation is 1. The first-order valence-electron chi connectivity index (χ1n) is 5.43. The van der Waals surface area contributed by atoms with Crippen LogP contribution in [0.5, 0.6) is 0 Å². The Morgan fingerprint density at radius 3 is 3.00 bits per heavy atom. The Bertz CT molecular complexity index is 356.